The summed E-state index contributed by atoms with van der Waals surface area (Å²) in [6.07, 6.45) is 0.827. The maximum absolute atomic E-state index is 12.9. The zero-order valence-electron chi connectivity index (χ0n) is 20.0. The number of hydrogen-bond acceptors (Lipinski definition) is 6. The van der Waals surface area contributed by atoms with Crippen LogP contribution in [0, 0.1) is 0 Å². The Balaban J connectivity index is 1.61. The fraction of sp³-hybridized carbons (Fsp3) is 0.500. The summed E-state index contributed by atoms with van der Waals surface area (Å²) in [4.78, 5) is 30.8. The number of amides is 3. The van der Waals surface area contributed by atoms with Crippen molar-refractivity contribution < 1.29 is 14.3 Å². The third kappa shape index (κ3) is 6.34. The fourth-order valence-electron chi connectivity index (χ4n) is 3.81. The van der Waals surface area contributed by atoms with Gasteiger partial charge in [-0.2, -0.15) is 0 Å². The van der Waals surface area contributed by atoms with Crippen molar-refractivity contribution in [2.24, 2.45) is 0 Å². The summed E-state index contributed by atoms with van der Waals surface area (Å²) < 4.78 is 5.29. The molecular weight excluding hydrogens is 420 g/mol. The monoisotopic (exact) mass is 454 g/mol. The van der Waals surface area contributed by atoms with Crippen LogP contribution in [0.2, 0.25) is 0 Å². The minimum Gasteiger partial charge on any atom is -0.497 e. The van der Waals surface area contributed by atoms with Crippen LogP contribution in [0.3, 0.4) is 0 Å². The molecule has 0 saturated carbocycles. The lowest BCUT2D eigenvalue weighted by Gasteiger charge is -2.29. The molecule has 0 unspecified atom stereocenters. The summed E-state index contributed by atoms with van der Waals surface area (Å²) in [5.74, 6) is 1.54. The van der Waals surface area contributed by atoms with Crippen LogP contribution < -0.4 is 15.0 Å². The maximum Gasteiger partial charge on any atom is 0.318 e. The van der Waals surface area contributed by atoms with Crippen LogP contribution in [0.5, 0.6) is 5.75 Å². The van der Waals surface area contributed by atoms with Gasteiger partial charge in [-0.3, -0.25) is 4.79 Å². The largest absolute Gasteiger partial charge is 0.497 e. The molecule has 1 aliphatic heterocycles. The van der Waals surface area contributed by atoms with E-state index in [0.717, 1.165) is 35.8 Å². The summed E-state index contributed by atoms with van der Waals surface area (Å²) in [5.41, 5.74) is 1.73. The molecule has 1 saturated heterocycles. The van der Waals surface area contributed by atoms with E-state index in [2.05, 4.69) is 20.4 Å². The van der Waals surface area contributed by atoms with Crippen LogP contribution in [0.1, 0.15) is 27.2 Å². The van der Waals surface area contributed by atoms with Crippen molar-refractivity contribution in [2.75, 3.05) is 51.3 Å². The van der Waals surface area contributed by atoms with Crippen LogP contribution in [0.15, 0.2) is 36.4 Å². The minimum atomic E-state index is -0.205. The van der Waals surface area contributed by atoms with Crippen molar-refractivity contribution in [1.82, 2.24) is 25.3 Å². The molecule has 1 aromatic heterocycles. The number of nitrogens with zero attached hydrogens (tertiary/aromatic N) is 5. The third-order valence-electron chi connectivity index (χ3n) is 5.71. The molecule has 3 amide bonds. The highest BCUT2D eigenvalue weighted by Crippen LogP contribution is 2.23. The van der Waals surface area contributed by atoms with Gasteiger partial charge in [-0.15, -0.1) is 10.2 Å². The second-order valence-corrected chi connectivity index (χ2v) is 8.29. The first-order chi connectivity index (χ1) is 15.9. The summed E-state index contributed by atoms with van der Waals surface area (Å²) in [6.45, 7) is 9.02. The van der Waals surface area contributed by atoms with E-state index >= 15 is 0 Å². The molecule has 9 nitrogen and oxygen atoms in total. The van der Waals surface area contributed by atoms with Crippen LogP contribution >= 0.6 is 0 Å². The molecular formula is C24H34N6O3. The molecule has 1 fully saturated rings. The third-order valence-corrected chi connectivity index (χ3v) is 5.71. The highest BCUT2D eigenvalue weighted by Gasteiger charge is 2.25. The Labute approximate surface area is 195 Å². The normalized spacial score (nSPS) is 14.1. The molecule has 0 atom stereocenters. The van der Waals surface area contributed by atoms with Crippen molar-refractivity contribution in [2.45, 2.75) is 33.2 Å². The molecule has 0 aliphatic carbocycles. The molecule has 178 valence electrons. The Morgan fingerprint density at radius 3 is 2.61 bits per heavy atom. The molecule has 2 aromatic rings. The number of benzene rings is 1. The quantitative estimate of drug-likeness (QED) is 0.692. The lowest BCUT2D eigenvalue weighted by molar-refractivity contribution is -0.131. The molecule has 1 N–H and O–H groups in total. The summed E-state index contributed by atoms with van der Waals surface area (Å²) in [5, 5.41) is 11.6. The van der Waals surface area contributed by atoms with Gasteiger partial charge in [-0.05, 0) is 51.5 Å². The molecule has 33 heavy (non-hydrogen) atoms. The lowest BCUT2D eigenvalue weighted by Crippen LogP contribution is -2.50. The highest BCUT2D eigenvalue weighted by molar-refractivity contribution is 5.84. The molecule has 3 rings (SSSR count). The number of ether oxygens (including phenoxy) is 1. The SMILES string of the molecule is CCNC(=O)N(CC(=O)N1CCCN(c2ccc(-c3cccc(OC)c3)nn2)CC1)C(C)C. The fourth-order valence-corrected chi connectivity index (χ4v) is 3.81. The minimum absolute atomic E-state index is 0.0312. The summed E-state index contributed by atoms with van der Waals surface area (Å²) >= 11 is 0. The molecule has 1 aliphatic rings. The van der Waals surface area contributed by atoms with E-state index in [4.69, 9.17) is 4.74 Å². The van der Waals surface area contributed by atoms with Gasteiger partial charge < -0.3 is 24.8 Å². The standard InChI is InChI=1S/C24H34N6O3/c1-5-25-24(32)30(18(2)3)17-23(31)29-13-7-12-28(14-15-29)22-11-10-21(26-27-22)19-8-6-9-20(16-19)33-4/h6,8-11,16,18H,5,7,12-15,17H2,1-4H3,(H,25,32). The summed E-state index contributed by atoms with van der Waals surface area (Å²) in [6, 6.07) is 11.4. The predicted molar refractivity (Wildman–Crippen MR) is 128 cm³/mol. The van der Waals surface area contributed by atoms with Gasteiger partial charge in [0.05, 0.1) is 12.8 Å². The molecule has 0 radical (unpaired) electrons. The number of hydrogen-bond donors (Lipinski definition) is 1. The summed E-state index contributed by atoms with van der Waals surface area (Å²) in [7, 11) is 1.64. The van der Waals surface area contributed by atoms with Crippen molar-refractivity contribution in [3.05, 3.63) is 36.4 Å². The van der Waals surface area contributed by atoms with E-state index in [1.165, 1.54) is 0 Å². The Morgan fingerprint density at radius 2 is 1.94 bits per heavy atom. The Kier molecular flexibility index (Phi) is 8.46. The van der Waals surface area contributed by atoms with Crippen LogP contribution in [-0.4, -0.2) is 84.4 Å². The second-order valence-electron chi connectivity index (χ2n) is 8.29. The number of aromatic nitrogens is 2. The molecule has 9 heteroatoms. The van der Waals surface area contributed by atoms with Gasteiger partial charge in [0.25, 0.3) is 0 Å². The van der Waals surface area contributed by atoms with Gasteiger partial charge in [-0.25, -0.2) is 4.79 Å². The average molecular weight is 455 g/mol. The van der Waals surface area contributed by atoms with Gasteiger partial charge in [0.1, 0.15) is 12.3 Å². The van der Waals surface area contributed by atoms with E-state index < -0.39 is 0 Å². The number of nitrogens with one attached hydrogen (secondary N) is 1. The van der Waals surface area contributed by atoms with E-state index in [9.17, 15) is 9.59 Å². The van der Waals surface area contributed by atoms with Crippen molar-refractivity contribution in [3.8, 4) is 17.0 Å². The van der Waals surface area contributed by atoms with E-state index in [1.807, 2.05) is 62.1 Å². The predicted octanol–water partition coefficient (Wildman–Crippen LogP) is 2.63. The smallest absolute Gasteiger partial charge is 0.318 e. The van der Waals surface area contributed by atoms with E-state index in [1.54, 1.807) is 12.0 Å². The van der Waals surface area contributed by atoms with E-state index in [-0.39, 0.29) is 24.5 Å². The first-order valence-corrected chi connectivity index (χ1v) is 11.5. The number of anilines is 1. The molecule has 0 spiro atoms. The van der Waals surface area contributed by atoms with Crippen molar-refractivity contribution in [3.63, 3.8) is 0 Å². The number of carbonyl (C=O) groups excluding carboxylic acids is 2. The van der Waals surface area contributed by atoms with Crippen molar-refractivity contribution in [1.29, 1.82) is 0 Å². The zero-order valence-corrected chi connectivity index (χ0v) is 20.0. The number of methoxy groups -OCH3 is 1. The average Bonchev–Trinajstić information content (AvgIpc) is 3.09. The Bertz CT molecular complexity index is 934. The first kappa shape index (κ1) is 24.3. The van der Waals surface area contributed by atoms with Crippen molar-refractivity contribution >= 4 is 17.8 Å². The molecule has 2 heterocycles. The lowest BCUT2D eigenvalue weighted by atomic mass is 10.1. The Hall–Kier alpha value is -3.36. The maximum atomic E-state index is 12.9. The second kappa shape index (κ2) is 11.5. The van der Waals surface area contributed by atoms with Gasteiger partial charge >= 0.3 is 6.03 Å². The number of rotatable bonds is 7. The molecule has 0 bridgehead atoms. The number of urea groups is 1. The van der Waals surface area contributed by atoms with E-state index in [0.29, 0.717) is 26.2 Å². The molecule has 1 aromatic carbocycles. The van der Waals surface area contributed by atoms with Gasteiger partial charge in [0, 0.05) is 44.3 Å². The highest BCUT2D eigenvalue weighted by atomic mass is 16.5. The van der Waals surface area contributed by atoms with Gasteiger partial charge in [0.2, 0.25) is 5.91 Å². The van der Waals surface area contributed by atoms with Crippen LogP contribution in [-0.2, 0) is 4.79 Å². The van der Waals surface area contributed by atoms with Crippen LogP contribution in [0.25, 0.3) is 11.3 Å². The van der Waals surface area contributed by atoms with Gasteiger partial charge in [0.15, 0.2) is 5.82 Å². The van der Waals surface area contributed by atoms with Gasteiger partial charge in [-0.1, -0.05) is 12.1 Å². The first-order valence-electron chi connectivity index (χ1n) is 11.5. The number of carbonyl (C=O) groups is 2. The topological polar surface area (TPSA) is 90.9 Å². The zero-order chi connectivity index (χ0) is 23.8. The van der Waals surface area contributed by atoms with Crippen LogP contribution in [0.4, 0.5) is 10.6 Å². The Morgan fingerprint density at radius 1 is 1.12 bits per heavy atom.